The monoisotopic (exact) mass is 441 g/mol. The number of nitriles is 1. The molecule has 1 amide bonds. The van der Waals surface area contributed by atoms with Gasteiger partial charge in [0.1, 0.15) is 10.6 Å². The lowest BCUT2D eigenvalue weighted by molar-refractivity contribution is 0.102. The van der Waals surface area contributed by atoms with Gasteiger partial charge in [-0.15, -0.1) is 0 Å². The number of ether oxygens (including phenoxy) is 1. The number of carbonyl (C=O) groups is 1. The standard InChI is InChI=1S/C21H16ClN3O4S/c1-29-19-10-7-16(22)12-20(19)30(27,28)25-18-4-2-3-15(11-18)21(26)24-17-8-5-14(13-23)6-9-17/h2-12,25H,1H3,(H,24,26). The highest BCUT2D eigenvalue weighted by atomic mass is 35.5. The normalized spacial score (nSPS) is 10.7. The molecule has 0 bridgehead atoms. The molecule has 30 heavy (non-hydrogen) atoms. The number of nitrogens with one attached hydrogen (secondary N) is 2. The fourth-order valence-electron chi connectivity index (χ4n) is 2.63. The minimum absolute atomic E-state index is 0.120. The van der Waals surface area contributed by atoms with Crippen molar-refractivity contribution in [2.75, 3.05) is 17.1 Å². The van der Waals surface area contributed by atoms with E-state index in [1.807, 2.05) is 6.07 Å². The fraction of sp³-hybridized carbons (Fsp3) is 0.0476. The van der Waals surface area contributed by atoms with Crippen LogP contribution < -0.4 is 14.8 Å². The average Bonchev–Trinajstić information content (AvgIpc) is 2.74. The van der Waals surface area contributed by atoms with Crippen LogP contribution in [0.15, 0.2) is 71.6 Å². The Morgan fingerprint density at radius 2 is 1.77 bits per heavy atom. The topological polar surface area (TPSA) is 108 Å². The molecule has 3 aromatic rings. The third-order valence-electron chi connectivity index (χ3n) is 4.06. The highest BCUT2D eigenvalue weighted by Gasteiger charge is 2.20. The Hall–Kier alpha value is -3.54. The van der Waals surface area contributed by atoms with Crippen LogP contribution in [0.3, 0.4) is 0 Å². The summed E-state index contributed by atoms with van der Waals surface area (Å²) in [4.78, 5) is 12.4. The number of halogens is 1. The third-order valence-corrected chi connectivity index (χ3v) is 5.70. The number of methoxy groups -OCH3 is 1. The average molecular weight is 442 g/mol. The highest BCUT2D eigenvalue weighted by molar-refractivity contribution is 7.92. The van der Waals surface area contributed by atoms with E-state index < -0.39 is 15.9 Å². The maximum atomic E-state index is 12.8. The molecule has 0 heterocycles. The lowest BCUT2D eigenvalue weighted by Crippen LogP contribution is -2.16. The largest absolute Gasteiger partial charge is 0.495 e. The van der Waals surface area contributed by atoms with E-state index in [4.69, 9.17) is 21.6 Å². The molecule has 7 nitrogen and oxygen atoms in total. The molecule has 2 N–H and O–H groups in total. The number of hydrogen-bond donors (Lipinski definition) is 2. The number of rotatable bonds is 6. The van der Waals surface area contributed by atoms with Gasteiger partial charge in [-0.05, 0) is 60.7 Å². The molecule has 0 fully saturated rings. The van der Waals surface area contributed by atoms with Crippen molar-refractivity contribution in [2.45, 2.75) is 4.90 Å². The quantitative estimate of drug-likeness (QED) is 0.593. The molecule has 3 aromatic carbocycles. The Balaban J connectivity index is 1.82. The summed E-state index contributed by atoms with van der Waals surface area (Å²) in [5, 5.41) is 11.8. The molecule has 0 saturated carbocycles. The van der Waals surface area contributed by atoms with Crippen molar-refractivity contribution in [2.24, 2.45) is 0 Å². The highest BCUT2D eigenvalue weighted by Crippen LogP contribution is 2.29. The van der Waals surface area contributed by atoms with Gasteiger partial charge in [0.05, 0.1) is 18.7 Å². The van der Waals surface area contributed by atoms with Crippen LogP contribution in [0.4, 0.5) is 11.4 Å². The maximum Gasteiger partial charge on any atom is 0.265 e. The summed E-state index contributed by atoms with van der Waals surface area (Å²) in [6.07, 6.45) is 0. The number of sulfonamides is 1. The van der Waals surface area contributed by atoms with Gasteiger partial charge < -0.3 is 10.1 Å². The molecular formula is C21H16ClN3O4S. The number of anilines is 2. The van der Waals surface area contributed by atoms with E-state index in [1.165, 1.54) is 37.4 Å². The minimum atomic E-state index is -4.01. The van der Waals surface area contributed by atoms with E-state index in [0.717, 1.165) is 0 Å². The van der Waals surface area contributed by atoms with Gasteiger partial charge >= 0.3 is 0 Å². The van der Waals surface area contributed by atoms with Crippen LogP contribution in [0.5, 0.6) is 5.75 Å². The first-order valence-corrected chi connectivity index (χ1v) is 10.5. The summed E-state index contributed by atoms with van der Waals surface area (Å²) in [7, 11) is -2.65. The Morgan fingerprint density at radius 1 is 1.03 bits per heavy atom. The van der Waals surface area contributed by atoms with Crippen LogP contribution in [0.2, 0.25) is 5.02 Å². The predicted molar refractivity (Wildman–Crippen MR) is 114 cm³/mol. The van der Waals surface area contributed by atoms with Gasteiger partial charge in [-0.25, -0.2) is 8.42 Å². The van der Waals surface area contributed by atoms with Crippen LogP contribution in [-0.2, 0) is 10.0 Å². The van der Waals surface area contributed by atoms with E-state index >= 15 is 0 Å². The first-order valence-electron chi connectivity index (χ1n) is 8.60. The second-order valence-corrected chi connectivity index (χ2v) is 8.21. The molecule has 0 unspecified atom stereocenters. The van der Waals surface area contributed by atoms with Crippen LogP contribution in [0.1, 0.15) is 15.9 Å². The van der Waals surface area contributed by atoms with Gasteiger partial charge in [-0.3, -0.25) is 9.52 Å². The van der Waals surface area contributed by atoms with Crippen LogP contribution in [0, 0.1) is 11.3 Å². The van der Waals surface area contributed by atoms with E-state index in [1.54, 1.807) is 36.4 Å². The summed E-state index contributed by atoms with van der Waals surface area (Å²) in [6, 6.07) is 18.7. The summed E-state index contributed by atoms with van der Waals surface area (Å²) in [5.74, 6) is -0.289. The van der Waals surface area contributed by atoms with Crippen molar-refractivity contribution in [3.63, 3.8) is 0 Å². The molecule has 152 valence electrons. The van der Waals surface area contributed by atoms with Gasteiger partial charge in [0.25, 0.3) is 15.9 Å². The van der Waals surface area contributed by atoms with Crippen molar-refractivity contribution in [3.8, 4) is 11.8 Å². The lowest BCUT2D eigenvalue weighted by Gasteiger charge is -2.13. The summed E-state index contributed by atoms with van der Waals surface area (Å²) >= 11 is 5.93. The molecule has 0 aliphatic rings. The van der Waals surface area contributed by atoms with Crippen LogP contribution in [-0.4, -0.2) is 21.4 Å². The number of hydrogen-bond acceptors (Lipinski definition) is 5. The zero-order valence-electron chi connectivity index (χ0n) is 15.7. The second kappa shape index (κ2) is 8.86. The molecule has 0 aliphatic carbocycles. The third kappa shape index (κ3) is 4.89. The van der Waals surface area contributed by atoms with E-state index in [2.05, 4.69) is 10.0 Å². The molecule has 9 heteroatoms. The van der Waals surface area contributed by atoms with Crippen molar-refractivity contribution < 1.29 is 17.9 Å². The van der Waals surface area contributed by atoms with Gasteiger partial charge in [0.15, 0.2) is 0 Å². The van der Waals surface area contributed by atoms with Crippen LogP contribution >= 0.6 is 11.6 Å². The van der Waals surface area contributed by atoms with Crippen molar-refractivity contribution >= 4 is 38.9 Å². The molecular weight excluding hydrogens is 426 g/mol. The molecule has 0 aromatic heterocycles. The predicted octanol–water partition coefficient (Wildman–Crippen LogP) is 4.27. The Bertz CT molecular complexity index is 1240. The molecule has 0 saturated heterocycles. The van der Waals surface area contributed by atoms with E-state index in [-0.39, 0.29) is 26.9 Å². The number of benzene rings is 3. The summed E-state index contributed by atoms with van der Waals surface area (Å²) in [6.45, 7) is 0. The SMILES string of the molecule is COc1ccc(Cl)cc1S(=O)(=O)Nc1cccc(C(=O)Nc2ccc(C#N)cc2)c1. The van der Waals surface area contributed by atoms with Gasteiger partial charge in [-0.2, -0.15) is 5.26 Å². The smallest absolute Gasteiger partial charge is 0.265 e. The fourth-order valence-corrected chi connectivity index (χ4v) is 4.11. The Labute approximate surface area is 178 Å². The number of nitrogens with zero attached hydrogens (tertiary/aromatic N) is 1. The van der Waals surface area contributed by atoms with E-state index in [0.29, 0.717) is 11.3 Å². The number of carbonyl (C=O) groups excluding carboxylic acids is 1. The minimum Gasteiger partial charge on any atom is -0.495 e. The first kappa shape index (κ1) is 21.2. The number of amides is 1. The molecule has 3 rings (SSSR count). The summed E-state index contributed by atoms with van der Waals surface area (Å²) in [5.41, 5.74) is 1.43. The second-order valence-electron chi connectivity index (χ2n) is 6.12. The van der Waals surface area contributed by atoms with Gasteiger partial charge in [-0.1, -0.05) is 17.7 Å². The molecule has 0 aliphatic heterocycles. The zero-order chi connectivity index (χ0) is 21.7. The molecule has 0 spiro atoms. The van der Waals surface area contributed by atoms with Gasteiger partial charge in [0, 0.05) is 22.0 Å². The Kier molecular flexibility index (Phi) is 6.26. The van der Waals surface area contributed by atoms with Crippen LogP contribution in [0.25, 0.3) is 0 Å². The molecule has 0 radical (unpaired) electrons. The van der Waals surface area contributed by atoms with E-state index in [9.17, 15) is 13.2 Å². The zero-order valence-corrected chi connectivity index (χ0v) is 17.3. The lowest BCUT2D eigenvalue weighted by atomic mass is 10.1. The molecule has 0 atom stereocenters. The summed E-state index contributed by atoms with van der Waals surface area (Å²) < 4.78 is 33.1. The Morgan fingerprint density at radius 3 is 2.43 bits per heavy atom. The van der Waals surface area contributed by atoms with Crippen molar-refractivity contribution in [1.29, 1.82) is 5.26 Å². The van der Waals surface area contributed by atoms with Crippen molar-refractivity contribution in [1.82, 2.24) is 0 Å². The first-order chi connectivity index (χ1) is 14.3. The van der Waals surface area contributed by atoms with Crippen molar-refractivity contribution in [3.05, 3.63) is 82.9 Å². The maximum absolute atomic E-state index is 12.8. The van der Waals surface area contributed by atoms with Gasteiger partial charge in [0.2, 0.25) is 0 Å².